The lowest BCUT2D eigenvalue weighted by molar-refractivity contribution is 0.112. The van der Waals surface area contributed by atoms with Gasteiger partial charge in [0.15, 0.2) is 0 Å². The standard InChI is InChI=1S/C13H18O/c1-3-4-5-9-13-11(2)7-6-8-12(13)10-14/h6-8,10H,3-5,9H2,1-2H3. The van der Waals surface area contributed by atoms with E-state index in [0.29, 0.717) is 0 Å². The highest BCUT2D eigenvalue weighted by Crippen LogP contribution is 2.15. The van der Waals surface area contributed by atoms with Crippen molar-refractivity contribution >= 4 is 6.29 Å². The fourth-order valence-corrected chi connectivity index (χ4v) is 1.73. The fourth-order valence-electron chi connectivity index (χ4n) is 1.73. The minimum atomic E-state index is 0.862. The van der Waals surface area contributed by atoms with Crippen LogP contribution in [0.4, 0.5) is 0 Å². The van der Waals surface area contributed by atoms with Gasteiger partial charge in [0.05, 0.1) is 0 Å². The lowest BCUT2D eigenvalue weighted by Crippen LogP contribution is -1.96. The first-order chi connectivity index (χ1) is 6.79. The number of hydrogen-bond acceptors (Lipinski definition) is 1. The van der Waals surface area contributed by atoms with E-state index in [4.69, 9.17) is 0 Å². The number of unbranched alkanes of at least 4 members (excludes halogenated alkanes) is 2. The molecule has 0 fully saturated rings. The van der Waals surface area contributed by atoms with E-state index in [2.05, 4.69) is 19.9 Å². The molecule has 0 saturated carbocycles. The molecule has 0 atom stereocenters. The SMILES string of the molecule is CCCCCc1c(C)cccc1C=O. The van der Waals surface area contributed by atoms with Crippen molar-refractivity contribution in [3.8, 4) is 0 Å². The average Bonchev–Trinajstić information content (AvgIpc) is 2.20. The zero-order valence-corrected chi connectivity index (χ0v) is 9.05. The predicted molar refractivity (Wildman–Crippen MR) is 59.8 cm³/mol. The van der Waals surface area contributed by atoms with Gasteiger partial charge in [-0.3, -0.25) is 4.79 Å². The van der Waals surface area contributed by atoms with Crippen LogP contribution in [0.3, 0.4) is 0 Å². The minimum absolute atomic E-state index is 0.862. The second-order valence-electron chi connectivity index (χ2n) is 3.72. The Morgan fingerprint density at radius 2 is 2.07 bits per heavy atom. The van der Waals surface area contributed by atoms with Crippen LogP contribution in [0.25, 0.3) is 0 Å². The molecule has 0 aliphatic carbocycles. The number of hydrogen-bond donors (Lipinski definition) is 0. The van der Waals surface area contributed by atoms with Crippen molar-refractivity contribution in [2.24, 2.45) is 0 Å². The van der Waals surface area contributed by atoms with Crippen molar-refractivity contribution in [1.29, 1.82) is 0 Å². The van der Waals surface area contributed by atoms with Gasteiger partial charge >= 0.3 is 0 Å². The molecule has 0 heterocycles. The zero-order valence-electron chi connectivity index (χ0n) is 9.05. The fraction of sp³-hybridized carbons (Fsp3) is 0.462. The highest BCUT2D eigenvalue weighted by Gasteiger charge is 2.03. The second kappa shape index (κ2) is 5.58. The molecule has 1 aromatic carbocycles. The van der Waals surface area contributed by atoms with E-state index < -0.39 is 0 Å². The summed E-state index contributed by atoms with van der Waals surface area (Å²) in [6.07, 6.45) is 5.65. The second-order valence-corrected chi connectivity index (χ2v) is 3.72. The Bertz CT molecular complexity index is 302. The van der Waals surface area contributed by atoms with Crippen molar-refractivity contribution in [2.75, 3.05) is 0 Å². The molecule has 1 rings (SSSR count). The molecule has 0 amide bonds. The number of aldehydes is 1. The van der Waals surface area contributed by atoms with E-state index in [1.807, 2.05) is 12.1 Å². The highest BCUT2D eigenvalue weighted by molar-refractivity contribution is 5.77. The van der Waals surface area contributed by atoms with Crippen molar-refractivity contribution in [3.63, 3.8) is 0 Å². The van der Waals surface area contributed by atoms with Gasteiger partial charge in [-0.05, 0) is 30.9 Å². The summed E-state index contributed by atoms with van der Waals surface area (Å²) in [7, 11) is 0. The molecular formula is C13H18O. The summed E-state index contributed by atoms with van der Waals surface area (Å²) >= 11 is 0. The topological polar surface area (TPSA) is 17.1 Å². The van der Waals surface area contributed by atoms with Crippen LogP contribution in [0.5, 0.6) is 0 Å². The van der Waals surface area contributed by atoms with Crippen LogP contribution in [0.2, 0.25) is 0 Å². The normalized spacial score (nSPS) is 10.1. The van der Waals surface area contributed by atoms with E-state index in [-0.39, 0.29) is 0 Å². The Morgan fingerprint density at radius 1 is 1.29 bits per heavy atom. The predicted octanol–water partition coefficient (Wildman–Crippen LogP) is 3.54. The average molecular weight is 190 g/mol. The molecule has 76 valence electrons. The summed E-state index contributed by atoms with van der Waals surface area (Å²) in [6.45, 7) is 4.27. The van der Waals surface area contributed by atoms with Crippen molar-refractivity contribution in [2.45, 2.75) is 39.5 Å². The molecule has 1 heteroatoms. The third kappa shape index (κ3) is 2.69. The third-order valence-corrected chi connectivity index (χ3v) is 2.60. The Morgan fingerprint density at radius 3 is 2.71 bits per heavy atom. The molecule has 0 unspecified atom stereocenters. The van der Waals surface area contributed by atoms with Crippen LogP contribution >= 0.6 is 0 Å². The van der Waals surface area contributed by atoms with Gasteiger partial charge in [-0.1, -0.05) is 38.0 Å². The number of carbonyl (C=O) groups is 1. The maximum Gasteiger partial charge on any atom is 0.150 e. The van der Waals surface area contributed by atoms with Crippen LogP contribution in [0.15, 0.2) is 18.2 Å². The molecule has 0 aliphatic heterocycles. The summed E-state index contributed by atoms with van der Waals surface area (Å²) in [5.74, 6) is 0. The largest absolute Gasteiger partial charge is 0.298 e. The number of rotatable bonds is 5. The van der Waals surface area contributed by atoms with E-state index >= 15 is 0 Å². The third-order valence-electron chi connectivity index (χ3n) is 2.60. The molecule has 1 nitrogen and oxygen atoms in total. The smallest absolute Gasteiger partial charge is 0.150 e. The van der Waals surface area contributed by atoms with Crippen LogP contribution in [0, 0.1) is 6.92 Å². The summed E-state index contributed by atoms with van der Waals surface area (Å²) in [4.78, 5) is 10.8. The summed E-state index contributed by atoms with van der Waals surface area (Å²) < 4.78 is 0. The van der Waals surface area contributed by atoms with Gasteiger partial charge in [0, 0.05) is 5.56 Å². The molecule has 0 aliphatic rings. The minimum Gasteiger partial charge on any atom is -0.298 e. The van der Waals surface area contributed by atoms with Gasteiger partial charge < -0.3 is 0 Å². The van der Waals surface area contributed by atoms with Gasteiger partial charge in [0.2, 0.25) is 0 Å². The monoisotopic (exact) mass is 190 g/mol. The van der Waals surface area contributed by atoms with Gasteiger partial charge in [0.25, 0.3) is 0 Å². The Hall–Kier alpha value is -1.11. The molecular weight excluding hydrogens is 172 g/mol. The first kappa shape index (κ1) is 11.0. The molecule has 0 spiro atoms. The first-order valence-corrected chi connectivity index (χ1v) is 5.33. The molecule has 0 bridgehead atoms. The Balaban J connectivity index is 2.77. The van der Waals surface area contributed by atoms with Gasteiger partial charge in [-0.25, -0.2) is 0 Å². The van der Waals surface area contributed by atoms with E-state index in [1.54, 1.807) is 0 Å². The lowest BCUT2D eigenvalue weighted by atomic mass is 9.97. The van der Waals surface area contributed by atoms with Crippen LogP contribution in [0.1, 0.15) is 47.7 Å². The van der Waals surface area contributed by atoms with Crippen LogP contribution in [-0.4, -0.2) is 6.29 Å². The van der Waals surface area contributed by atoms with Crippen molar-refractivity contribution in [1.82, 2.24) is 0 Å². The number of carbonyl (C=O) groups excluding carboxylic acids is 1. The van der Waals surface area contributed by atoms with Crippen LogP contribution in [-0.2, 0) is 6.42 Å². The summed E-state index contributed by atoms with van der Waals surface area (Å²) in [5, 5.41) is 0. The Labute approximate surface area is 86.1 Å². The quantitative estimate of drug-likeness (QED) is 0.512. The summed E-state index contributed by atoms with van der Waals surface area (Å²) in [5.41, 5.74) is 3.34. The van der Waals surface area contributed by atoms with Gasteiger partial charge in [-0.2, -0.15) is 0 Å². The molecule has 0 aromatic heterocycles. The highest BCUT2D eigenvalue weighted by atomic mass is 16.1. The van der Waals surface area contributed by atoms with Gasteiger partial charge in [0.1, 0.15) is 6.29 Å². The maximum atomic E-state index is 10.8. The molecule has 0 saturated heterocycles. The molecule has 14 heavy (non-hydrogen) atoms. The molecule has 0 N–H and O–H groups in total. The van der Waals surface area contributed by atoms with E-state index in [9.17, 15) is 4.79 Å². The molecule has 1 aromatic rings. The Kier molecular flexibility index (Phi) is 4.37. The van der Waals surface area contributed by atoms with E-state index in [0.717, 1.165) is 18.3 Å². The number of aryl methyl sites for hydroxylation is 1. The van der Waals surface area contributed by atoms with Crippen molar-refractivity contribution in [3.05, 3.63) is 34.9 Å². The first-order valence-electron chi connectivity index (χ1n) is 5.33. The lowest BCUT2D eigenvalue weighted by Gasteiger charge is -2.07. The zero-order chi connectivity index (χ0) is 10.4. The number of benzene rings is 1. The van der Waals surface area contributed by atoms with E-state index in [1.165, 1.54) is 30.4 Å². The van der Waals surface area contributed by atoms with Gasteiger partial charge in [-0.15, -0.1) is 0 Å². The molecule has 0 radical (unpaired) electrons. The summed E-state index contributed by atoms with van der Waals surface area (Å²) in [6, 6.07) is 5.93. The maximum absolute atomic E-state index is 10.8. The van der Waals surface area contributed by atoms with Crippen molar-refractivity contribution < 1.29 is 4.79 Å². The van der Waals surface area contributed by atoms with Crippen LogP contribution < -0.4 is 0 Å².